The van der Waals surface area contributed by atoms with Crippen LogP contribution >= 0.6 is 7.82 Å². The summed E-state index contributed by atoms with van der Waals surface area (Å²) in [7, 11) is -4.89. The largest absolute Gasteiger partial charge is 0.756 e. The first-order valence-electron chi connectivity index (χ1n) is 5.50. The van der Waals surface area contributed by atoms with Gasteiger partial charge in [-0.3, -0.25) is 4.57 Å². The van der Waals surface area contributed by atoms with Crippen LogP contribution in [-0.2, 0) is 11.1 Å². The molecule has 0 saturated heterocycles. The predicted octanol–water partition coefficient (Wildman–Crippen LogP) is -0.449. The minimum atomic E-state index is -4.89. The Balaban J connectivity index is 0.000000437. The molecule has 5 nitrogen and oxygen atoms in total. The Morgan fingerprint density at radius 2 is 1.59 bits per heavy atom. The van der Waals surface area contributed by atoms with E-state index in [1.54, 1.807) is 4.90 Å². The van der Waals surface area contributed by atoms with Gasteiger partial charge in [-0.2, -0.15) is 0 Å². The Bertz CT molecular complexity index is 326. The SMILES string of the molecule is CC[NH+](CC)Cc1ccccc1.O=P([O-])(O)O. The molecule has 0 amide bonds. The highest BCUT2D eigenvalue weighted by molar-refractivity contribution is 7.43. The topological polar surface area (TPSA) is 85.0 Å². The van der Waals surface area contributed by atoms with Crippen LogP contribution in [0.1, 0.15) is 19.4 Å². The van der Waals surface area contributed by atoms with Crippen LogP contribution in [0.5, 0.6) is 0 Å². The quantitative estimate of drug-likeness (QED) is 0.641. The van der Waals surface area contributed by atoms with Crippen LogP contribution in [0.2, 0.25) is 0 Å². The van der Waals surface area contributed by atoms with E-state index in [9.17, 15) is 0 Å². The molecule has 0 radical (unpaired) electrons. The average molecular weight is 261 g/mol. The molecule has 0 aliphatic rings. The predicted molar refractivity (Wildman–Crippen MR) is 64.2 cm³/mol. The lowest BCUT2D eigenvalue weighted by molar-refractivity contribution is -0.910. The van der Waals surface area contributed by atoms with Crippen molar-refractivity contribution in [3.8, 4) is 0 Å². The first kappa shape index (κ1) is 16.3. The molecule has 6 heteroatoms. The zero-order chi connectivity index (χ0) is 13.3. The molecule has 1 aromatic carbocycles. The van der Waals surface area contributed by atoms with Gasteiger partial charge in [0.25, 0.3) is 7.82 Å². The first-order valence-corrected chi connectivity index (χ1v) is 7.03. The van der Waals surface area contributed by atoms with Gasteiger partial charge in [0.1, 0.15) is 6.54 Å². The molecule has 0 heterocycles. The lowest BCUT2D eigenvalue weighted by Gasteiger charge is -2.14. The molecule has 0 bridgehead atoms. The molecule has 0 aromatic heterocycles. The van der Waals surface area contributed by atoms with Crippen LogP contribution in [0, 0.1) is 0 Å². The number of rotatable bonds is 4. The van der Waals surface area contributed by atoms with Crippen molar-refractivity contribution in [3.63, 3.8) is 0 Å². The van der Waals surface area contributed by atoms with Crippen molar-refractivity contribution < 1.29 is 24.1 Å². The standard InChI is InChI=1S/C11H17N.H3O4P/c1-3-12(4-2)10-11-8-6-5-7-9-11;1-5(2,3)4/h5-9H,3-4,10H2,1-2H3;(H3,1,2,3,4). The van der Waals surface area contributed by atoms with Crippen molar-refractivity contribution >= 4 is 7.82 Å². The summed E-state index contributed by atoms with van der Waals surface area (Å²) in [4.78, 5) is 24.6. The monoisotopic (exact) mass is 261 g/mol. The molecule has 3 N–H and O–H groups in total. The summed E-state index contributed by atoms with van der Waals surface area (Å²) in [6, 6.07) is 10.7. The normalized spacial score (nSPS) is 10.9. The van der Waals surface area contributed by atoms with Gasteiger partial charge in [0.2, 0.25) is 0 Å². The van der Waals surface area contributed by atoms with Crippen LogP contribution in [-0.4, -0.2) is 22.9 Å². The van der Waals surface area contributed by atoms with E-state index in [1.807, 2.05) is 0 Å². The smallest absolute Gasteiger partial charge is 0.262 e. The molecule has 0 spiro atoms. The van der Waals surface area contributed by atoms with Gasteiger partial charge in [0.15, 0.2) is 0 Å². The van der Waals surface area contributed by atoms with Gasteiger partial charge in [0.05, 0.1) is 13.1 Å². The summed E-state index contributed by atoms with van der Waals surface area (Å²) in [5, 5.41) is 0. The van der Waals surface area contributed by atoms with Crippen molar-refractivity contribution in [2.75, 3.05) is 13.1 Å². The Labute approximate surface area is 102 Å². The zero-order valence-corrected chi connectivity index (χ0v) is 11.1. The highest BCUT2D eigenvalue weighted by Gasteiger charge is 2.02. The van der Waals surface area contributed by atoms with E-state index in [0.717, 1.165) is 6.54 Å². The van der Waals surface area contributed by atoms with Crippen molar-refractivity contribution in [2.24, 2.45) is 0 Å². The third-order valence-corrected chi connectivity index (χ3v) is 2.30. The Hall–Kier alpha value is -0.710. The third kappa shape index (κ3) is 11.6. The van der Waals surface area contributed by atoms with Crippen LogP contribution in [0.3, 0.4) is 0 Å². The molecule has 0 aliphatic heterocycles. The number of quaternary nitrogens is 1. The van der Waals surface area contributed by atoms with Gasteiger partial charge in [-0.1, -0.05) is 30.3 Å². The number of hydrogen-bond acceptors (Lipinski definition) is 2. The second-order valence-electron chi connectivity index (χ2n) is 3.61. The van der Waals surface area contributed by atoms with E-state index in [2.05, 4.69) is 44.2 Å². The number of hydrogen-bond donors (Lipinski definition) is 3. The van der Waals surface area contributed by atoms with Gasteiger partial charge >= 0.3 is 0 Å². The van der Waals surface area contributed by atoms with E-state index < -0.39 is 7.82 Å². The Morgan fingerprint density at radius 3 is 1.94 bits per heavy atom. The van der Waals surface area contributed by atoms with Gasteiger partial charge < -0.3 is 19.6 Å². The maximum absolute atomic E-state index is 8.77. The average Bonchev–Trinajstić information content (AvgIpc) is 2.25. The van der Waals surface area contributed by atoms with E-state index >= 15 is 0 Å². The lowest BCUT2D eigenvalue weighted by atomic mass is 10.2. The van der Waals surface area contributed by atoms with E-state index in [0.29, 0.717) is 0 Å². The Morgan fingerprint density at radius 1 is 1.18 bits per heavy atom. The van der Waals surface area contributed by atoms with Gasteiger partial charge in [-0.25, -0.2) is 0 Å². The van der Waals surface area contributed by atoms with Gasteiger partial charge in [-0.05, 0) is 13.8 Å². The van der Waals surface area contributed by atoms with Crippen molar-refractivity contribution in [1.82, 2.24) is 0 Å². The maximum atomic E-state index is 8.77. The fourth-order valence-electron chi connectivity index (χ4n) is 1.38. The van der Waals surface area contributed by atoms with E-state index in [1.165, 1.54) is 18.7 Å². The molecule has 0 atom stereocenters. The highest BCUT2D eigenvalue weighted by Crippen LogP contribution is 2.18. The van der Waals surface area contributed by atoms with Crippen LogP contribution in [0.25, 0.3) is 0 Å². The molecule has 0 aliphatic carbocycles. The number of benzene rings is 1. The second kappa shape index (κ2) is 8.39. The highest BCUT2D eigenvalue weighted by atomic mass is 31.2. The van der Waals surface area contributed by atoms with Crippen molar-refractivity contribution in [2.45, 2.75) is 20.4 Å². The Kier molecular flexibility index (Phi) is 8.04. The summed E-state index contributed by atoms with van der Waals surface area (Å²) < 4.78 is 8.77. The van der Waals surface area contributed by atoms with Gasteiger partial charge in [-0.15, -0.1) is 0 Å². The summed E-state index contributed by atoms with van der Waals surface area (Å²) in [5.41, 5.74) is 1.44. The molecule has 0 saturated carbocycles. The summed E-state index contributed by atoms with van der Waals surface area (Å²) >= 11 is 0. The molecule has 1 rings (SSSR count). The lowest BCUT2D eigenvalue weighted by Crippen LogP contribution is -3.10. The molecule has 0 fully saturated rings. The third-order valence-electron chi connectivity index (χ3n) is 2.30. The number of phosphoric acid groups is 1. The minimum Gasteiger partial charge on any atom is -0.756 e. The second-order valence-corrected chi connectivity index (χ2v) is 4.59. The fraction of sp³-hybridized carbons (Fsp3) is 0.455. The molecule has 0 unspecified atom stereocenters. The van der Waals surface area contributed by atoms with Gasteiger partial charge in [0, 0.05) is 5.56 Å². The fourth-order valence-corrected chi connectivity index (χ4v) is 1.38. The molecular weight excluding hydrogens is 241 g/mol. The summed E-state index contributed by atoms with van der Waals surface area (Å²) in [5.74, 6) is 0. The molecule has 17 heavy (non-hydrogen) atoms. The molecular formula is C11H20NO4P. The summed E-state index contributed by atoms with van der Waals surface area (Å²) in [6.07, 6.45) is 0. The van der Waals surface area contributed by atoms with Crippen LogP contribution in [0.4, 0.5) is 0 Å². The molecule has 1 aromatic rings. The minimum absolute atomic E-state index is 1.16. The van der Waals surface area contributed by atoms with E-state index in [4.69, 9.17) is 19.2 Å². The van der Waals surface area contributed by atoms with Crippen molar-refractivity contribution in [1.29, 1.82) is 0 Å². The zero-order valence-electron chi connectivity index (χ0n) is 10.2. The van der Waals surface area contributed by atoms with Crippen LogP contribution in [0.15, 0.2) is 30.3 Å². The number of nitrogens with one attached hydrogen (secondary N) is 1. The summed E-state index contributed by atoms with van der Waals surface area (Å²) in [6.45, 7) is 8.06. The van der Waals surface area contributed by atoms with Crippen molar-refractivity contribution in [3.05, 3.63) is 35.9 Å². The maximum Gasteiger partial charge on any atom is 0.262 e. The first-order chi connectivity index (χ1) is 7.86. The molecule has 98 valence electrons. The van der Waals surface area contributed by atoms with E-state index in [-0.39, 0.29) is 0 Å². The van der Waals surface area contributed by atoms with Crippen LogP contribution < -0.4 is 9.79 Å².